The Labute approximate surface area is 174 Å². The van der Waals surface area contributed by atoms with Crippen molar-refractivity contribution in [1.82, 2.24) is 0 Å². The van der Waals surface area contributed by atoms with Crippen molar-refractivity contribution < 1.29 is 0 Å². The molecule has 5 rings (SSSR count). The summed E-state index contributed by atoms with van der Waals surface area (Å²) in [4.78, 5) is 2.46. The van der Waals surface area contributed by atoms with Crippen LogP contribution in [0.4, 0.5) is 11.4 Å². The van der Waals surface area contributed by atoms with Crippen molar-refractivity contribution in [2.75, 3.05) is 11.4 Å². The van der Waals surface area contributed by atoms with Crippen molar-refractivity contribution in [1.29, 1.82) is 0 Å². The van der Waals surface area contributed by atoms with Gasteiger partial charge in [0, 0.05) is 28.9 Å². The normalized spacial score (nSPS) is 17.3. The van der Waals surface area contributed by atoms with Gasteiger partial charge in [-0.3, -0.25) is 0 Å². The molecule has 0 unspecified atom stereocenters. The Morgan fingerprint density at radius 2 is 1.48 bits per heavy atom. The van der Waals surface area contributed by atoms with E-state index in [4.69, 9.17) is 0 Å². The fraction of sp³-hybridized carbons (Fsp3) is 0.214. The maximum Gasteiger partial charge on any atom is 0.0490 e. The molecule has 1 aliphatic heterocycles. The fourth-order valence-electron chi connectivity index (χ4n) is 5.19. The highest BCUT2D eigenvalue weighted by atomic mass is 15.1. The lowest BCUT2D eigenvalue weighted by atomic mass is 9.76. The van der Waals surface area contributed by atoms with Crippen LogP contribution in [-0.2, 0) is 5.41 Å². The topological polar surface area (TPSA) is 3.24 Å². The monoisotopic (exact) mass is 377 g/mol. The Morgan fingerprint density at radius 3 is 2.24 bits per heavy atom. The molecule has 1 aliphatic carbocycles. The highest BCUT2D eigenvalue weighted by Gasteiger charge is 2.40. The van der Waals surface area contributed by atoms with E-state index in [1.54, 1.807) is 0 Å². The van der Waals surface area contributed by atoms with E-state index in [-0.39, 0.29) is 5.41 Å². The summed E-state index contributed by atoms with van der Waals surface area (Å²) in [6.45, 7) is 12.4. The number of aryl methyl sites for hydroxylation is 1. The van der Waals surface area contributed by atoms with Crippen LogP contribution in [0, 0.1) is 6.92 Å². The van der Waals surface area contributed by atoms with E-state index in [1.807, 2.05) is 0 Å². The second kappa shape index (κ2) is 6.49. The molecule has 0 aromatic heterocycles. The molecule has 0 radical (unpaired) electrons. The van der Waals surface area contributed by atoms with E-state index in [0.29, 0.717) is 0 Å². The van der Waals surface area contributed by atoms with E-state index >= 15 is 0 Å². The molecule has 3 aromatic rings. The van der Waals surface area contributed by atoms with E-state index in [1.165, 1.54) is 44.8 Å². The first-order chi connectivity index (χ1) is 14.0. The number of rotatable bonds is 1. The summed E-state index contributed by atoms with van der Waals surface area (Å²) < 4.78 is 0. The second-order valence-corrected chi connectivity index (χ2v) is 8.76. The van der Waals surface area contributed by atoms with E-state index in [2.05, 4.69) is 105 Å². The van der Waals surface area contributed by atoms with Crippen LogP contribution in [0.2, 0.25) is 0 Å². The van der Waals surface area contributed by atoms with E-state index in [0.717, 1.165) is 18.5 Å². The minimum Gasteiger partial charge on any atom is -0.341 e. The van der Waals surface area contributed by atoms with Crippen LogP contribution >= 0.6 is 0 Å². The number of allylic oxidation sites excluding steroid dienone is 2. The third kappa shape index (κ3) is 2.68. The standard InChI is InChI=1S/C28H27N/c1-19-13-15-21(16-14-19)29-18-17-24-23-10-5-7-11-25(23)28(3,4)27(24)20(2)22-9-6-8-12-26(22)29/h5-16H,2,17-18H2,1,3-4H3. The number of anilines is 2. The van der Waals surface area contributed by atoms with Crippen LogP contribution in [0.1, 0.15) is 42.5 Å². The van der Waals surface area contributed by atoms with Crippen molar-refractivity contribution in [2.45, 2.75) is 32.6 Å². The van der Waals surface area contributed by atoms with Crippen molar-refractivity contribution in [3.8, 4) is 0 Å². The van der Waals surface area contributed by atoms with Crippen LogP contribution < -0.4 is 4.90 Å². The lowest BCUT2D eigenvalue weighted by molar-refractivity contribution is 0.657. The van der Waals surface area contributed by atoms with E-state index in [9.17, 15) is 0 Å². The molecule has 2 aliphatic rings. The average molecular weight is 378 g/mol. The molecule has 1 nitrogen and oxygen atoms in total. The van der Waals surface area contributed by atoms with E-state index < -0.39 is 0 Å². The van der Waals surface area contributed by atoms with Crippen molar-refractivity contribution in [3.05, 3.63) is 107 Å². The summed E-state index contributed by atoms with van der Waals surface area (Å²) in [6, 6.07) is 26.5. The van der Waals surface area contributed by atoms with Gasteiger partial charge >= 0.3 is 0 Å². The second-order valence-electron chi connectivity index (χ2n) is 8.76. The molecule has 0 saturated heterocycles. The van der Waals surface area contributed by atoms with Gasteiger partial charge in [-0.1, -0.05) is 80.6 Å². The summed E-state index contributed by atoms with van der Waals surface area (Å²) in [6.07, 6.45) is 1.01. The van der Waals surface area contributed by atoms with Crippen LogP contribution in [0.5, 0.6) is 0 Å². The van der Waals surface area contributed by atoms with Crippen molar-refractivity contribution in [2.24, 2.45) is 0 Å². The number of fused-ring (bicyclic) bond motifs is 3. The molecule has 0 bridgehead atoms. The average Bonchev–Trinajstić information content (AvgIpc) is 2.95. The molecule has 0 atom stereocenters. The van der Waals surface area contributed by atoms with Crippen molar-refractivity contribution in [3.63, 3.8) is 0 Å². The Morgan fingerprint density at radius 1 is 0.828 bits per heavy atom. The highest BCUT2D eigenvalue weighted by molar-refractivity contribution is 5.99. The van der Waals surface area contributed by atoms with Crippen molar-refractivity contribution >= 4 is 22.5 Å². The molecule has 29 heavy (non-hydrogen) atoms. The molecular formula is C28H27N. The minimum atomic E-state index is -0.0256. The SMILES string of the molecule is C=C1C2=C(CCN(c3ccc(C)cc3)c3ccccc31)c1ccccc1C2(C)C. The number of hydrogen-bond donors (Lipinski definition) is 0. The van der Waals surface area contributed by atoms with Gasteiger partial charge in [0.05, 0.1) is 0 Å². The van der Waals surface area contributed by atoms with Gasteiger partial charge in [0.1, 0.15) is 0 Å². The largest absolute Gasteiger partial charge is 0.341 e. The van der Waals surface area contributed by atoms with Gasteiger partial charge in [-0.15, -0.1) is 0 Å². The van der Waals surface area contributed by atoms with Crippen LogP contribution in [0.25, 0.3) is 11.1 Å². The van der Waals surface area contributed by atoms with Gasteiger partial charge in [-0.25, -0.2) is 0 Å². The fourth-order valence-corrected chi connectivity index (χ4v) is 5.19. The van der Waals surface area contributed by atoms with Crippen LogP contribution in [0.15, 0.2) is 84.9 Å². The van der Waals surface area contributed by atoms with Gasteiger partial charge in [0.15, 0.2) is 0 Å². The molecule has 0 fully saturated rings. The molecule has 1 heterocycles. The van der Waals surface area contributed by atoms with Crippen LogP contribution in [-0.4, -0.2) is 6.54 Å². The van der Waals surface area contributed by atoms with Crippen LogP contribution in [0.3, 0.4) is 0 Å². The maximum absolute atomic E-state index is 4.64. The maximum atomic E-state index is 4.64. The lowest BCUT2D eigenvalue weighted by Gasteiger charge is -2.33. The molecule has 1 heteroatoms. The first-order valence-corrected chi connectivity index (χ1v) is 10.4. The Hall–Kier alpha value is -3.06. The van der Waals surface area contributed by atoms with Gasteiger partial charge in [-0.05, 0) is 59.4 Å². The predicted octanol–water partition coefficient (Wildman–Crippen LogP) is 7.30. The number of nitrogens with zero attached hydrogens (tertiary/aromatic N) is 1. The zero-order valence-electron chi connectivity index (χ0n) is 17.5. The predicted molar refractivity (Wildman–Crippen MR) is 125 cm³/mol. The summed E-state index contributed by atoms with van der Waals surface area (Å²) in [5.74, 6) is 0. The third-order valence-corrected chi connectivity index (χ3v) is 6.61. The number of benzene rings is 3. The third-order valence-electron chi connectivity index (χ3n) is 6.61. The van der Waals surface area contributed by atoms with Gasteiger partial charge in [0.2, 0.25) is 0 Å². The quantitative estimate of drug-likeness (QED) is 0.430. The zero-order valence-corrected chi connectivity index (χ0v) is 17.5. The van der Waals surface area contributed by atoms with Gasteiger partial charge in [0.25, 0.3) is 0 Å². The molecule has 0 saturated carbocycles. The Bertz CT molecular complexity index is 1140. The first kappa shape index (κ1) is 18.0. The molecule has 3 aromatic carbocycles. The molecular weight excluding hydrogens is 350 g/mol. The summed E-state index contributed by atoms with van der Waals surface area (Å²) in [5, 5.41) is 0. The zero-order chi connectivity index (χ0) is 20.2. The molecule has 144 valence electrons. The van der Waals surface area contributed by atoms with Gasteiger partial charge < -0.3 is 4.90 Å². The molecule has 0 amide bonds. The Balaban J connectivity index is 1.72. The summed E-state index contributed by atoms with van der Waals surface area (Å²) in [5.41, 5.74) is 11.8. The lowest BCUT2D eigenvalue weighted by Crippen LogP contribution is -2.24. The smallest absolute Gasteiger partial charge is 0.0490 e. The molecule has 0 N–H and O–H groups in total. The molecule has 0 spiro atoms. The summed E-state index contributed by atoms with van der Waals surface area (Å²) in [7, 11) is 0. The highest BCUT2D eigenvalue weighted by Crippen LogP contribution is 2.54. The number of para-hydroxylation sites is 1. The summed E-state index contributed by atoms with van der Waals surface area (Å²) >= 11 is 0. The first-order valence-electron chi connectivity index (χ1n) is 10.4. The van der Waals surface area contributed by atoms with Gasteiger partial charge in [-0.2, -0.15) is 0 Å². The minimum absolute atomic E-state index is 0.0256. The Kier molecular flexibility index (Phi) is 4.03. The number of hydrogen-bond acceptors (Lipinski definition) is 1.